The van der Waals surface area contributed by atoms with Crippen LogP contribution in [0.1, 0.15) is 31.3 Å². The molecule has 16 heavy (non-hydrogen) atoms. The van der Waals surface area contributed by atoms with E-state index in [1.54, 1.807) is 26.8 Å². The van der Waals surface area contributed by atoms with E-state index in [1.807, 2.05) is 0 Å². The summed E-state index contributed by atoms with van der Waals surface area (Å²) in [5.74, 6) is -0.159. The van der Waals surface area contributed by atoms with Crippen LogP contribution in [-0.2, 0) is 4.79 Å². The van der Waals surface area contributed by atoms with Crippen LogP contribution in [-0.4, -0.2) is 17.0 Å². The van der Waals surface area contributed by atoms with Crippen molar-refractivity contribution in [2.75, 3.05) is 10.6 Å². The number of furan rings is 1. The van der Waals surface area contributed by atoms with Crippen LogP contribution in [0.2, 0.25) is 0 Å². The van der Waals surface area contributed by atoms with Crippen LogP contribution in [0, 0.1) is 5.41 Å². The summed E-state index contributed by atoms with van der Waals surface area (Å²) in [7, 11) is 0. The van der Waals surface area contributed by atoms with Crippen molar-refractivity contribution in [3.63, 3.8) is 0 Å². The average molecular weight is 288 g/mol. The minimum Gasteiger partial charge on any atom is -0.459 e. The monoisotopic (exact) mass is 287 g/mol. The summed E-state index contributed by atoms with van der Waals surface area (Å²) in [6, 6.07) is 1.57. The minimum atomic E-state index is -0.536. The maximum absolute atomic E-state index is 12.0. The number of anilines is 1. The van der Waals surface area contributed by atoms with E-state index < -0.39 is 5.41 Å². The summed E-state index contributed by atoms with van der Waals surface area (Å²) in [5.41, 5.74) is -0.115. The normalized spacial score (nSPS) is 11.2. The number of alkyl halides is 1. The van der Waals surface area contributed by atoms with Gasteiger partial charge in [0.05, 0.1) is 17.3 Å². The Morgan fingerprint density at radius 2 is 2.06 bits per heavy atom. The predicted molar refractivity (Wildman–Crippen MR) is 64.9 cm³/mol. The fourth-order valence-corrected chi connectivity index (χ4v) is 1.25. The summed E-state index contributed by atoms with van der Waals surface area (Å²) in [4.78, 5) is 23.2. The van der Waals surface area contributed by atoms with Gasteiger partial charge in [0.25, 0.3) is 0 Å². The van der Waals surface area contributed by atoms with Crippen LogP contribution in [0.15, 0.2) is 16.7 Å². The lowest BCUT2D eigenvalue weighted by atomic mass is 9.89. The van der Waals surface area contributed by atoms with Crippen LogP contribution in [0.5, 0.6) is 0 Å². The van der Waals surface area contributed by atoms with Gasteiger partial charge in [-0.2, -0.15) is 0 Å². The van der Waals surface area contributed by atoms with E-state index in [2.05, 4.69) is 21.2 Å². The van der Waals surface area contributed by atoms with Crippen molar-refractivity contribution in [1.82, 2.24) is 0 Å². The van der Waals surface area contributed by atoms with Gasteiger partial charge in [-0.05, 0) is 0 Å². The maximum Gasteiger partial charge on any atom is 0.235 e. The second-order valence-electron chi connectivity index (χ2n) is 4.42. The van der Waals surface area contributed by atoms with E-state index in [4.69, 9.17) is 4.42 Å². The van der Waals surface area contributed by atoms with E-state index in [1.165, 1.54) is 6.26 Å². The highest BCUT2D eigenvalue weighted by atomic mass is 79.9. The Morgan fingerprint density at radius 3 is 2.56 bits per heavy atom. The standard InChI is InChI=1S/C11H14BrNO3/c1-11(2,3)10(15)9-7(4-5-16-9)13-8(14)6-12/h4-5H,6H2,1-3H3,(H,13,14). The van der Waals surface area contributed by atoms with Gasteiger partial charge in [-0.1, -0.05) is 36.7 Å². The fraction of sp³-hybridized carbons (Fsp3) is 0.455. The Hall–Kier alpha value is -1.10. The quantitative estimate of drug-likeness (QED) is 0.687. The molecule has 0 atom stereocenters. The molecule has 1 N–H and O–H groups in total. The van der Waals surface area contributed by atoms with Gasteiger partial charge in [-0.15, -0.1) is 0 Å². The molecule has 0 aliphatic rings. The van der Waals surface area contributed by atoms with Crippen LogP contribution in [0.4, 0.5) is 5.69 Å². The van der Waals surface area contributed by atoms with E-state index in [-0.39, 0.29) is 22.8 Å². The molecule has 0 unspecified atom stereocenters. The molecule has 1 heterocycles. The second-order valence-corrected chi connectivity index (χ2v) is 4.99. The van der Waals surface area contributed by atoms with Crippen molar-refractivity contribution in [2.24, 2.45) is 5.41 Å². The zero-order chi connectivity index (χ0) is 12.3. The van der Waals surface area contributed by atoms with Gasteiger partial charge >= 0.3 is 0 Å². The van der Waals surface area contributed by atoms with Gasteiger partial charge in [-0.25, -0.2) is 0 Å². The third-order valence-electron chi connectivity index (χ3n) is 1.95. The fourth-order valence-electron chi connectivity index (χ4n) is 1.11. The highest BCUT2D eigenvalue weighted by Crippen LogP contribution is 2.26. The molecule has 0 saturated heterocycles. The molecule has 0 fully saturated rings. The van der Waals surface area contributed by atoms with Gasteiger partial charge < -0.3 is 9.73 Å². The number of hydrogen-bond acceptors (Lipinski definition) is 3. The first-order valence-corrected chi connectivity index (χ1v) is 5.96. The van der Waals surface area contributed by atoms with Crippen molar-refractivity contribution in [2.45, 2.75) is 20.8 Å². The van der Waals surface area contributed by atoms with Crippen LogP contribution < -0.4 is 5.32 Å². The number of ketones is 1. The summed E-state index contributed by atoms with van der Waals surface area (Å²) < 4.78 is 5.12. The molecule has 0 aliphatic heterocycles. The molecule has 0 aromatic carbocycles. The molecule has 1 aromatic rings. The van der Waals surface area contributed by atoms with Gasteiger partial charge in [0.1, 0.15) is 0 Å². The smallest absolute Gasteiger partial charge is 0.235 e. The molecule has 1 amide bonds. The van der Waals surface area contributed by atoms with Crippen molar-refractivity contribution in [1.29, 1.82) is 0 Å². The van der Waals surface area contributed by atoms with Gasteiger partial charge in [0.15, 0.2) is 5.76 Å². The topological polar surface area (TPSA) is 59.3 Å². The largest absolute Gasteiger partial charge is 0.459 e. The molecule has 0 radical (unpaired) electrons. The zero-order valence-electron chi connectivity index (χ0n) is 9.46. The highest BCUT2D eigenvalue weighted by Gasteiger charge is 2.28. The number of carbonyl (C=O) groups excluding carboxylic acids is 2. The number of carbonyl (C=O) groups is 2. The van der Waals surface area contributed by atoms with Crippen molar-refractivity contribution >= 4 is 33.3 Å². The molecule has 1 rings (SSSR count). The third-order valence-corrected chi connectivity index (χ3v) is 2.46. The number of hydrogen-bond donors (Lipinski definition) is 1. The molecule has 88 valence electrons. The molecule has 0 saturated carbocycles. The average Bonchev–Trinajstić information content (AvgIpc) is 2.63. The van der Waals surface area contributed by atoms with Crippen molar-refractivity contribution in [3.8, 4) is 0 Å². The van der Waals surface area contributed by atoms with Gasteiger partial charge in [0, 0.05) is 11.5 Å². The molecular weight excluding hydrogens is 274 g/mol. The molecular formula is C11H14BrNO3. The molecule has 1 aromatic heterocycles. The van der Waals surface area contributed by atoms with E-state index in [0.29, 0.717) is 5.69 Å². The first-order valence-electron chi connectivity index (χ1n) is 4.84. The molecule has 4 nitrogen and oxygen atoms in total. The summed E-state index contributed by atoms with van der Waals surface area (Å²) in [5, 5.41) is 2.77. The summed E-state index contributed by atoms with van der Waals surface area (Å²) in [6.07, 6.45) is 1.39. The molecule has 0 bridgehead atoms. The van der Waals surface area contributed by atoms with E-state index >= 15 is 0 Å². The molecule has 0 spiro atoms. The number of nitrogens with one attached hydrogen (secondary N) is 1. The predicted octanol–water partition coefficient (Wildman–Crippen LogP) is 2.84. The number of Topliss-reactive ketones (excluding diaryl/α,β-unsaturated/α-hetero) is 1. The summed E-state index contributed by atoms with van der Waals surface area (Å²) >= 11 is 3.03. The second kappa shape index (κ2) is 4.82. The Labute approximate surface area is 103 Å². The Bertz CT molecular complexity index is 404. The lowest BCUT2D eigenvalue weighted by Gasteiger charge is -2.15. The first kappa shape index (κ1) is 13.0. The van der Waals surface area contributed by atoms with Gasteiger partial charge in [-0.3, -0.25) is 9.59 Å². The SMILES string of the molecule is CC(C)(C)C(=O)c1occc1NC(=O)CBr. The van der Waals surface area contributed by atoms with Gasteiger partial charge in [0.2, 0.25) is 11.7 Å². The lowest BCUT2D eigenvalue weighted by Crippen LogP contribution is -2.22. The number of halogens is 1. The minimum absolute atomic E-state index is 0.137. The van der Waals surface area contributed by atoms with Crippen LogP contribution >= 0.6 is 15.9 Å². The summed E-state index contributed by atoms with van der Waals surface area (Å²) in [6.45, 7) is 5.40. The number of rotatable bonds is 3. The Kier molecular flexibility index (Phi) is 3.91. The molecule has 0 aliphatic carbocycles. The maximum atomic E-state index is 12.0. The van der Waals surface area contributed by atoms with Crippen molar-refractivity contribution < 1.29 is 14.0 Å². The highest BCUT2D eigenvalue weighted by molar-refractivity contribution is 9.09. The van der Waals surface area contributed by atoms with E-state index in [9.17, 15) is 9.59 Å². The third kappa shape index (κ3) is 2.95. The van der Waals surface area contributed by atoms with E-state index in [0.717, 1.165) is 0 Å². The Morgan fingerprint density at radius 1 is 1.44 bits per heavy atom. The first-order chi connectivity index (χ1) is 7.36. The van der Waals surface area contributed by atoms with Crippen LogP contribution in [0.3, 0.4) is 0 Å². The lowest BCUT2D eigenvalue weighted by molar-refractivity contribution is -0.113. The molecule has 5 heteroatoms. The Balaban J connectivity index is 2.95. The van der Waals surface area contributed by atoms with Crippen molar-refractivity contribution in [3.05, 3.63) is 18.1 Å². The zero-order valence-corrected chi connectivity index (χ0v) is 11.1. The van der Waals surface area contributed by atoms with Crippen LogP contribution in [0.25, 0.3) is 0 Å². The number of amides is 1.